The zero-order valence-electron chi connectivity index (χ0n) is 18.4. The number of anilines is 1. The van der Waals surface area contributed by atoms with Gasteiger partial charge in [-0.15, -0.1) is 0 Å². The second-order valence-electron chi connectivity index (χ2n) is 8.42. The van der Waals surface area contributed by atoms with Gasteiger partial charge in [0.1, 0.15) is 30.3 Å². The van der Waals surface area contributed by atoms with Crippen LogP contribution < -0.4 is 15.0 Å². The summed E-state index contributed by atoms with van der Waals surface area (Å²) < 4.78 is 19.3. The van der Waals surface area contributed by atoms with Crippen LogP contribution in [-0.2, 0) is 15.1 Å². The van der Waals surface area contributed by atoms with Crippen molar-refractivity contribution in [3.8, 4) is 5.75 Å². The first-order valence-electron chi connectivity index (χ1n) is 10.9. The molecule has 3 aromatic carbocycles. The predicted molar refractivity (Wildman–Crippen MR) is 123 cm³/mol. The topological polar surface area (TPSA) is 79.0 Å². The summed E-state index contributed by atoms with van der Waals surface area (Å²) in [5.74, 6) is -0.891. The van der Waals surface area contributed by atoms with Crippen molar-refractivity contribution in [2.45, 2.75) is 18.5 Å². The molecule has 5 rings (SSSR count). The molecule has 0 saturated carbocycles. The van der Waals surface area contributed by atoms with Crippen LogP contribution in [0, 0.1) is 5.82 Å². The highest BCUT2D eigenvalue weighted by molar-refractivity contribution is 6.10. The molecule has 0 bridgehead atoms. The maximum Gasteiger partial charge on any atom is 0.325 e. The lowest BCUT2D eigenvalue weighted by Crippen LogP contribution is -2.48. The lowest BCUT2D eigenvalue weighted by atomic mass is 9.92. The van der Waals surface area contributed by atoms with Crippen LogP contribution >= 0.6 is 0 Å². The number of carbonyl (C=O) groups excluding carboxylic acids is 3. The molecule has 0 aliphatic carbocycles. The summed E-state index contributed by atoms with van der Waals surface area (Å²) in [6.45, 7) is 1.33. The summed E-state index contributed by atoms with van der Waals surface area (Å²) in [7, 11) is 0. The van der Waals surface area contributed by atoms with E-state index in [9.17, 15) is 18.8 Å². The van der Waals surface area contributed by atoms with Gasteiger partial charge in [-0.05, 0) is 42.3 Å². The van der Waals surface area contributed by atoms with Crippen molar-refractivity contribution in [3.63, 3.8) is 0 Å². The molecule has 1 fully saturated rings. The van der Waals surface area contributed by atoms with E-state index >= 15 is 0 Å². The molecule has 8 heteroatoms. The third kappa shape index (κ3) is 3.57. The fourth-order valence-electron chi connectivity index (χ4n) is 4.45. The van der Waals surface area contributed by atoms with Crippen molar-refractivity contribution in [1.29, 1.82) is 0 Å². The number of urea groups is 1. The first-order valence-corrected chi connectivity index (χ1v) is 10.9. The molecule has 7 nitrogen and oxygen atoms in total. The molecule has 0 aromatic heterocycles. The summed E-state index contributed by atoms with van der Waals surface area (Å²) in [6, 6.07) is 20.9. The number of para-hydroxylation sites is 2. The number of benzene rings is 3. The molecular weight excluding hydrogens is 437 g/mol. The standard InChI is InChI=1S/C26H22FN3O4/c1-26(18-11-13-19(27)14-12-18)24(32)29(25(33)28-26)15-23(31)30-20-9-5-6-10-22(20)34-16-21(30)17-7-3-2-4-8-17/h2-14,21H,15-16H2,1H3,(H,28,33)/t21-,26+/m1/s1. The van der Waals surface area contributed by atoms with E-state index in [1.54, 1.807) is 30.0 Å². The molecule has 2 atom stereocenters. The Bertz CT molecular complexity index is 1260. The minimum atomic E-state index is -1.40. The van der Waals surface area contributed by atoms with Crippen LogP contribution in [0.5, 0.6) is 5.75 Å². The quantitative estimate of drug-likeness (QED) is 0.603. The number of ether oxygens (including phenoxy) is 1. The first kappa shape index (κ1) is 21.6. The van der Waals surface area contributed by atoms with E-state index in [1.165, 1.54) is 24.3 Å². The lowest BCUT2D eigenvalue weighted by Gasteiger charge is -2.37. The SMILES string of the molecule is C[C@@]1(c2ccc(F)cc2)NC(=O)N(CC(=O)N2c3ccccc3OC[C@@H]2c2ccccc2)C1=O. The van der Waals surface area contributed by atoms with E-state index in [0.717, 1.165) is 10.5 Å². The molecule has 1 saturated heterocycles. The second-order valence-corrected chi connectivity index (χ2v) is 8.42. The molecular formula is C26H22FN3O4. The number of rotatable bonds is 4. The van der Waals surface area contributed by atoms with Crippen molar-refractivity contribution < 1.29 is 23.5 Å². The maximum absolute atomic E-state index is 13.6. The van der Waals surface area contributed by atoms with Gasteiger partial charge in [0.15, 0.2) is 0 Å². The average Bonchev–Trinajstić information content (AvgIpc) is 3.07. The van der Waals surface area contributed by atoms with Crippen molar-refractivity contribution in [2.24, 2.45) is 0 Å². The number of carbonyl (C=O) groups is 3. The van der Waals surface area contributed by atoms with Crippen LogP contribution in [0.2, 0.25) is 0 Å². The number of fused-ring (bicyclic) bond motifs is 1. The van der Waals surface area contributed by atoms with Gasteiger partial charge < -0.3 is 10.1 Å². The first-order chi connectivity index (χ1) is 16.4. The van der Waals surface area contributed by atoms with E-state index in [0.29, 0.717) is 17.0 Å². The molecule has 0 unspecified atom stereocenters. The van der Waals surface area contributed by atoms with Crippen LogP contribution in [0.25, 0.3) is 0 Å². The maximum atomic E-state index is 13.6. The fraction of sp³-hybridized carbons (Fsp3) is 0.192. The largest absolute Gasteiger partial charge is 0.489 e. The molecule has 2 aliphatic heterocycles. The zero-order valence-corrected chi connectivity index (χ0v) is 18.4. The fourth-order valence-corrected chi connectivity index (χ4v) is 4.45. The van der Waals surface area contributed by atoms with Crippen molar-refractivity contribution in [3.05, 3.63) is 95.8 Å². The van der Waals surface area contributed by atoms with Crippen LogP contribution in [0.1, 0.15) is 24.1 Å². The summed E-state index contributed by atoms with van der Waals surface area (Å²) in [4.78, 5) is 42.2. The monoisotopic (exact) mass is 459 g/mol. The van der Waals surface area contributed by atoms with Gasteiger partial charge in [0.25, 0.3) is 5.91 Å². The second kappa shape index (κ2) is 8.30. The number of imide groups is 1. The summed E-state index contributed by atoms with van der Waals surface area (Å²) in [5.41, 5.74) is 0.480. The van der Waals surface area contributed by atoms with Crippen molar-refractivity contribution >= 4 is 23.5 Å². The van der Waals surface area contributed by atoms with Crippen LogP contribution in [0.15, 0.2) is 78.9 Å². The number of amides is 4. The van der Waals surface area contributed by atoms with Gasteiger partial charge in [-0.2, -0.15) is 0 Å². The molecule has 34 heavy (non-hydrogen) atoms. The minimum Gasteiger partial charge on any atom is -0.489 e. The van der Waals surface area contributed by atoms with Gasteiger partial charge in [0, 0.05) is 0 Å². The lowest BCUT2D eigenvalue weighted by molar-refractivity contribution is -0.134. The van der Waals surface area contributed by atoms with Crippen molar-refractivity contribution in [1.82, 2.24) is 10.2 Å². The average molecular weight is 459 g/mol. The minimum absolute atomic E-state index is 0.236. The zero-order chi connectivity index (χ0) is 23.9. The Balaban J connectivity index is 1.45. The molecule has 2 heterocycles. The Morgan fingerprint density at radius 1 is 1.03 bits per heavy atom. The highest BCUT2D eigenvalue weighted by Crippen LogP contribution is 2.39. The highest BCUT2D eigenvalue weighted by Gasteiger charge is 2.50. The molecule has 0 spiro atoms. The van der Waals surface area contributed by atoms with Crippen molar-refractivity contribution in [2.75, 3.05) is 18.1 Å². The predicted octanol–water partition coefficient (Wildman–Crippen LogP) is 3.76. The van der Waals surface area contributed by atoms with Gasteiger partial charge in [0.2, 0.25) is 5.91 Å². The van der Waals surface area contributed by atoms with E-state index in [4.69, 9.17) is 4.74 Å². The molecule has 1 N–H and O–H groups in total. The third-order valence-corrected chi connectivity index (χ3v) is 6.28. The smallest absolute Gasteiger partial charge is 0.325 e. The molecule has 0 radical (unpaired) electrons. The number of halogens is 1. The van der Waals surface area contributed by atoms with E-state index < -0.39 is 41.8 Å². The van der Waals surface area contributed by atoms with E-state index in [1.807, 2.05) is 36.4 Å². The molecule has 3 aromatic rings. The Morgan fingerprint density at radius 3 is 2.44 bits per heavy atom. The third-order valence-electron chi connectivity index (χ3n) is 6.28. The van der Waals surface area contributed by atoms with Crippen LogP contribution in [0.4, 0.5) is 14.9 Å². The van der Waals surface area contributed by atoms with E-state index in [2.05, 4.69) is 5.32 Å². The number of nitrogens with one attached hydrogen (secondary N) is 1. The summed E-state index contributed by atoms with van der Waals surface area (Å²) in [6.07, 6.45) is 0. The van der Waals surface area contributed by atoms with Gasteiger partial charge in [-0.3, -0.25) is 19.4 Å². The van der Waals surface area contributed by atoms with Gasteiger partial charge >= 0.3 is 6.03 Å². The Kier molecular flexibility index (Phi) is 5.28. The molecule has 4 amide bonds. The molecule has 2 aliphatic rings. The number of hydrogen-bond donors (Lipinski definition) is 1. The molecule has 172 valence electrons. The van der Waals surface area contributed by atoms with Crippen LogP contribution in [-0.4, -0.2) is 35.9 Å². The Labute approximate surface area is 195 Å². The van der Waals surface area contributed by atoms with E-state index in [-0.39, 0.29) is 6.61 Å². The summed E-state index contributed by atoms with van der Waals surface area (Å²) in [5, 5.41) is 2.66. The number of nitrogens with zero attached hydrogens (tertiary/aromatic N) is 2. The van der Waals surface area contributed by atoms with Gasteiger partial charge in [-0.25, -0.2) is 9.18 Å². The summed E-state index contributed by atoms with van der Waals surface area (Å²) >= 11 is 0. The Morgan fingerprint density at radius 2 is 1.71 bits per heavy atom. The van der Waals surface area contributed by atoms with Crippen LogP contribution in [0.3, 0.4) is 0 Å². The highest BCUT2D eigenvalue weighted by atomic mass is 19.1. The Hall–Kier alpha value is -4.20. The van der Waals surface area contributed by atoms with Gasteiger partial charge in [-0.1, -0.05) is 54.6 Å². The normalized spacial score (nSPS) is 21.6. The van der Waals surface area contributed by atoms with Gasteiger partial charge in [0.05, 0.1) is 11.7 Å². The number of hydrogen-bond acceptors (Lipinski definition) is 4.